The number of likely N-dealkylation sites (N-methyl/N-ethyl adjacent to an activating group) is 1. The van der Waals surface area contributed by atoms with Crippen LogP contribution in [-0.2, 0) is 0 Å². The van der Waals surface area contributed by atoms with E-state index in [9.17, 15) is 0 Å². The second-order valence-electron chi connectivity index (χ2n) is 11.7. The predicted octanol–water partition coefficient (Wildman–Crippen LogP) is 6.06. The Morgan fingerprint density at radius 3 is 2.38 bits per heavy atom. The first-order valence-corrected chi connectivity index (χ1v) is 15.2. The van der Waals surface area contributed by atoms with Gasteiger partial charge in [0.1, 0.15) is 17.8 Å². The lowest BCUT2D eigenvalue weighted by Gasteiger charge is -2.41. The zero-order valence-electron chi connectivity index (χ0n) is 24.1. The van der Waals surface area contributed by atoms with Gasteiger partial charge in [-0.3, -0.25) is 4.90 Å². The zero-order valence-corrected chi connectivity index (χ0v) is 24.8. The van der Waals surface area contributed by atoms with Gasteiger partial charge >= 0.3 is 0 Å². The van der Waals surface area contributed by atoms with E-state index in [0.29, 0.717) is 28.9 Å². The highest BCUT2D eigenvalue weighted by Crippen LogP contribution is 2.39. The Labute approximate surface area is 250 Å². The Bertz CT molecular complexity index is 1730. The minimum absolute atomic E-state index is 0.405. The number of anilines is 3. The maximum atomic E-state index is 6.46. The number of nitrogens with zero attached hydrogens (tertiary/aromatic N) is 7. The summed E-state index contributed by atoms with van der Waals surface area (Å²) in [4.78, 5) is 23.5. The molecule has 0 atom stereocenters. The smallest absolute Gasteiger partial charge is 0.228 e. The van der Waals surface area contributed by atoms with Crippen molar-refractivity contribution in [3.05, 3.63) is 65.7 Å². The van der Waals surface area contributed by atoms with Gasteiger partial charge in [0, 0.05) is 61.1 Å². The Hall–Kier alpha value is -3.79. The van der Waals surface area contributed by atoms with Crippen LogP contribution in [0.1, 0.15) is 37.4 Å². The van der Waals surface area contributed by atoms with Gasteiger partial charge in [-0.1, -0.05) is 29.8 Å². The topological polar surface area (TPSA) is 101 Å². The predicted molar refractivity (Wildman–Crippen MR) is 170 cm³/mol. The quantitative estimate of drug-likeness (QED) is 0.258. The minimum Gasteiger partial charge on any atom is -0.383 e. The molecule has 0 bridgehead atoms. The molecule has 2 aliphatic rings. The van der Waals surface area contributed by atoms with Crippen molar-refractivity contribution in [1.82, 2.24) is 34.3 Å². The molecule has 2 fully saturated rings. The number of aryl methyl sites for hydroxylation is 1. The maximum absolute atomic E-state index is 6.46. The second kappa shape index (κ2) is 11.1. The van der Waals surface area contributed by atoms with E-state index in [1.807, 2.05) is 37.3 Å². The molecular formula is C32H36ClN9. The van der Waals surface area contributed by atoms with E-state index in [4.69, 9.17) is 22.3 Å². The number of fused-ring (bicyclic) bond motifs is 2. The van der Waals surface area contributed by atoms with Crippen LogP contribution in [0.3, 0.4) is 0 Å². The molecule has 3 N–H and O–H groups in total. The molecule has 216 valence electrons. The third-order valence-electron chi connectivity index (χ3n) is 9.06. The molecule has 10 heteroatoms. The van der Waals surface area contributed by atoms with Crippen LogP contribution in [0.5, 0.6) is 0 Å². The van der Waals surface area contributed by atoms with Crippen molar-refractivity contribution in [3.63, 3.8) is 0 Å². The average Bonchev–Trinajstić information content (AvgIpc) is 3.39. The maximum Gasteiger partial charge on any atom is 0.228 e. The Morgan fingerprint density at radius 1 is 0.881 bits per heavy atom. The number of halogens is 1. The molecular weight excluding hydrogens is 546 g/mol. The number of aromatic nitrogens is 5. The SMILES string of the molecule is Cc1nc(Nc2ccc(-c3cn(C4CCC(N5CCN(C)CC5)CC4)c4ncnc(N)c34)cc2)nc2cccc(Cl)c12. The van der Waals surface area contributed by atoms with Crippen molar-refractivity contribution in [3.8, 4) is 11.1 Å². The molecule has 2 aromatic carbocycles. The lowest BCUT2D eigenvalue weighted by Crippen LogP contribution is -2.49. The summed E-state index contributed by atoms with van der Waals surface area (Å²) in [6, 6.07) is 15.1. The van der Waals surface area contributed by atoms with Gasteiger partial charge in [-0.15, -0.1) is 0 Å². The van der Waals surface area contributed by atoms with Crippen LogP contribution in [-0.4, -0.2) is 73.6 Å². The monoisotopic (exact) mass is 581 g/mol. The highest BCUT2D eigenvalue weighted by Gasteiger charge is 2.30. The van der Waals surface area contributed by atoms with E-state index in [0.717, 1.165) is 57.3 Å². The van der Waals surface area contributed by atoms with Crippen LogP contribution in [0.15, 0.2) is 55.0 Å². The second-order valence-corrected chi connectivity index (χ2v) is 12.1. The lowest BCUT2D eigenvalue weighted by molar-refractivity contribution is 0.0828. The number of piperazine rings is 1. The lowest BCUT2D eigenvalue weighted by atomic mass is 9.89. The van der Waals surface area contributed by atoms with E-state index < -0.39 is 0 Å². The van der Waals surface area contributed by atoms with Crippen molar-refractivity contribution in [2.24, 2.45) is 0 Å². The van der Waals surface area contributed by atoms with Gasteiger partial charge in [-0.05, 0) is 69.5 Å². The van der Waals surface area contributed by atoms with Crippen LogP contribution in [0, 0.1) is 6.92 Å². The summed E-state index contributed by atoms with van der Waals surface area (Å²) in [7, 11) is 2.22. The van der Waals surface area contributed by atoms with E-state index in [2.05, 4.69) is 60.0 Å². The fourth-order valence-corrected chi connectivity index (χ4v) is 7.04. The first-order valence-electron chi connectivity index (χ1n) is 14.8. The fraction of sp³-hybridized carbons (Fsp3) is 0.375. The summed E-state index contributed by atoms with van der Waals surface area (Å²) in [5.74, 6) is 1.05. The zero-order chi connectivity index (χ0) is 28.8. The summed E-state index contributed by atoms with van der Waals surface area (Å²) in [5.41, 5.74) is 12.1. The third-order valence-corrected chi connectivity index (χ3v) is 9.37. The highest BCUT2D eigenvalue weighted by atomic mass is 35.5. The first-order chi connectivity index (χ1) is 20.4. The molecule has 0 unspecified atom stereocenters. The van der Waals surface area contributed by atoms with Crippen LogP contribution >= 0.6 is 11.6 Å². The normalized spacial score (nSPS) is 20.4. The van der Waals surface area contributed by atoms with Gasteiger partial charge in [0.15, 0.2) is 0 Å². The molecule has 1 aliphatic carbocycles. The molecule has 0 radical (unpaired) electrons. The number of nitrogen functional groups attached to an aromatic ring is 1. The van der Waals surface area contributed by atoms with Crippen molar-refractivity contribution in [1.29, 1.82) is 0 Å². The van der Waals surface area contributed by atoms with Gasteiger partial charge in [0.2, 0.25) is 5.95 Å². The molecule has 4 heterocycles. The molecule has 1 aliphatic heterocycles. The van der Waals surface area contributed by atoms with Gasteiger partial charge in [0.25, 0.3) is 0 Å². The van der Waals surface area contributed by atoms with Crippen molar-refractivity contribution in [2.75, 3.05) is 44.3 Å². The fourth-order valence-electron chi connectivity index (χ4n) is 6.73. The number of nitrogens with one attached hydrogen (secondary N) is 1. The molecule has 9 nitrogen and oxygen atoms in total. The van der Waals surface area contributed by atoms with E-state index in [-0.39, 0.29) is 0 Å². The molecule has 1 saturated heterocycles. The average molecular weight is 582 g/mol. The summed E-state index contributed by atoms with van der Waals surface area (Å²) in [6.07, 6.45) is 8.53. The van der Waals surface area contributed by atoms with E-state index in [1.54, 1.807) is 6.33 Å². The number of nitrogens with two attached hydrogens (primary N) is 1. The van der Waals surface area contributed by atoms with Crippen molar-refractivity contribution < 1.29 is 0 Å². The molecule has 1 saturated carbocycles. The molecule has 42 heavy (non-hydrogen) atoms. The summed E-state index contributed by atoms with van der Waals surface area (Å²) in [6.45, 7) is 6.64. The third kappa shape index (κ3) is 5.06. The van der Waals surface area contributed by atoms with Crippen LogP contribution in [0.2, 0.25) is 5.02 Å². The van der Waals surface area contributed by atoms with E-state index >= 15 is 0 Å². The number of rotatable bonds is 5. The molecule has 0 spiro atoms. The standard InChI is InChI=1S/C32H36ClN9/c1-20-28-26(33)4-3-5-27(28)39-32(37-20)38-22-8-6-21(7-9-22)25-18-42(31-29(25)30(34)35-19-36-31)24-12-10-23(11-13-24)41-16-14-40(2)15-17-41/h3-9,18-19,23-24H,10-17H2,1-2H3,(H2,34,35,36)(H,37,38,39). The van der Waals surface area contributed by atoms with Crippen LogP contribution in [0.25, 0.3) is 33.1 Å². The number of hydrogen-bond acceptors (Lipinski definition) is 8. The van der Waals surface area contributed by atoms with Crippen molar-refractivity contribution >= 4 is 51.0 Å². The van der Waals surface area contributed by atoms with Gasteiger partial charge in [-0.2, -0.15) is 0 Å². The highest BCUT2D eigenvalue weighted by molar-refractivity contribution is 6.35. The number of hydrogen-bond donors (Lipinski definition) is 2. The Morgan fingerprint density at radius 2 is 1.62 bits per heavy atom. The summed E-state index contributed by atoms with van der Waals surface area (Å²) in [5, 5.41) is 5.81. The van der Waals surface area contributed by atoms with Crippen LogP contribution < -0.4 is 11.1 Å². The van der Waals surface area contributed by atoms with Gasteiger partial charge in [0.05, 0.1) is 21.6 Å². The Kier molecular flexibility index (Phi) is 7.17. The first kappa shape index (κ1) is 27.1. The largest absolute Gasteiger partial charge is 0.383 e. The van der Waals surface area contributed by atoms with Gasteiger partial charge in [-0.25, -0.2) is 19.9 Å². The van der Waals surface area contributed by atoms with Gasteiger partial charge < -0.3 is 20.5 Å². The summed E-state index contributed by atoms with van der Waals surface area (Å²) < 4.78 is 2.35. The van der Waals surface area contributed by atoms with E-state index in [1.165, 1.54) is 39.0 Å². The molecule has 3 aromatic heterocycles. The molecule has 0 amide bonds. The minimum atomic E-state index is 0.405. The summed E-state index contributed by atoms with van der Waals surface area (Å²) >= 11 is 6.37. The Balaban J connectivity index is 1.13. The molecule has 5 aromatic rings. The van der Waals surface area contributed by atoms with Crippen LogP contribution in [0.4, 0.5) is 17.5 Å². The van der Waals surface area contributed by atoms with Crippen molar-refractivity contribution in [2.45, 2.75) is 44.7 Å². The molecule has 7 rings (SSSR count). The number of benzene rings is 2.